The first-order chi connectivity index (χ1) is 16.2. The summed E-state index contributed by atoms with van der Waals surface area (Å²) in [5, 5.41) is 1.95. The van der Waals surface area contributed by atoms with E-state index in [-0.39, 0.29) is 28.4 Å². The van der Waals surface area contributed by atoms with Crippen molar-refractivity contribution in [2.75, 3.05) is 39.3 Å². The van der Waals surface area contributed by atoms with Crippen LogP contribution >= 0.6 is 22.9 Å². The molecule has 34 heavy (non-hydrogen) atoms. The number of aromatic nitrogens is 2. The Hall–Kier alpha value is -2.76. The highest BCUT2D eigenvalue weighted by molar-refractivity contribution is 7.07. The molecule has 7 nitrogen and oxygen atoms in total. The van der Waals surface area contributed by atoms with E-state index in [0.29, 0.717) is 42.8 Å². The summed E-state index contributed by atoms with van der Waals surface area (Å²) in [5.41, 5.74) is 1.49. The van der Waals surface area contributed by atoms with Crippen LogP contribution < -0.4 is 0 Å². The lowest BCUT2D eigenvalue weighted by molar-refractivity contribution is -0.140. The van der Waals surface area contributed by atoms with Crippen LogP contribution in [0.25, 0.3) is 10.9 Å². The molecule has 4 heterocycles. The van der Waals surface area contributed by atoms with Gasteiger partial charge in [-0.15, -0.1) is 11.3 Å². The van der Waals surface area contributed by atoms with Gasteiger partial charge in [0, 0.05) is 61.6 Å². The van der Waals surface area contributed by atoms with Gasteiger partial charge in [0.15, 0.2) is 0 Å². The van der Waals surface area contributed by atoms with Crippen molar-refractivity contribution in [3.8, 4) is 0 Å². The highest BCUT2D eigenvalue weighted by Crippen LogP contribution is 2.33. The van der Waals surface area contributed by atoms with Gasteiger partial charge in [-0.25, -0.2) is 9.97 Å². The number of fused-ring (bicyclic) bond motifs is 1. The Morgan fingerprint density at radius 3 is 2.41 bits per heavy atom. The molecule has 0 unspecified atom stereocenters. The van der Waals surface area contributed by atoms with Crippen LogP contribution in [-0.2, 0) is 6.18 Å². The molecule has 0 aliphatic carbocycles. The van der Waals surface area contributed by atoms with E-state index in [4.69, 9.17) is 11.6 Å². The minimum absolute atomic E-state index is 0.0573. The molecule has 0 radical (unpaired) electrons. The lowest BCUT2D eigenvalue weighted by Crippen LogP contribution is -2.64. The second-order valence-electron chi connectivity index (χ2n) is 8.28. The van der Waals surface area contributed by atoms with E-state index in [9.17, 15) is 22.8 Å². The van der Waals surface area contributed by atoms with Crippen LogP contribution in [-0.4, -0.2) is 81.8 Å². The van der Waals surface area contributed by atoms with E-state index in [1.165, 1.54) is 29.5 Å². The molecule has 0 atom stereocenters. The van der Waals surface area contributed by atoms with Crippen LogP contribution in [0.1, 0.15) is 26.5 Å². The number of thiazole rings is 1. The third kappa shape index (κ3) is 4.35. The first-order valence-electron chi connectivity index (χ1n) is 10.6. The Morgan fingerprint density at radius 1 is 1.03 bits per heavy atom. The lowest BCUT2D eigenvalue weighted by Gasteiger charge is -2.48. The molecule has 178 valence electrons. The molecule has 0 N–H and O–H groups in total. The van der Waals surface area contributed by atoms with Gasteiger partial charge in [-0.3, -0.25) is 14.5 Å². The molecule has 2 aliphatic rings. The highest BCUT2D eigenvalue weighted by atomic mass is 35.5. The number of hydrogen-bond acceptors (Lipinski definition) is 6. The summed E-state index contributed by atoms with van der Waals surface area (Å²) < 4.78 is 38.9. The number of pyridine rings is 1. The van der Waals surface area contributed by atoms with Gasteiger partial charge in [0.25, 0.3) is 11.8 Å². The van der Waals surface area contributed by atoms with Gasteiger partial charge in [-0.2, -0.15) is 13.2 Å². The summed E-state index contributed by atoms with van der Waals surface area (Å²) in [6, 6.07) is 5.34. The normalized spacial score (nSPS) is 17.8. The van der Waals surface area contributed by atoms with Crippen LogP contribution in [0.2, 0.25) is 5.02 Å². The first-order valence-corrected chi connectivity index (χ1v) is 11.9. The SMILES string of the molecule is O=C(c1ccc2nc(C(F)(F)F)cc(Cl)c2c1)N1CC(N2CCN(C(=O)c3cscn3)CC2)C1. The summed E-state index contributed by atoms with van der Waals surface area (Å²) in [7, 11) is 0. The number of benzene rings is 1. The summed E-state index contributed by atoms with van der Waals surface area (Å²) >= 11 is 7.45. The van der Waals surface area contributed by atoms with Crippen LogP contribution in [0.15, 0.2) is 35.2 Å². The maximum absolute atomic E-state index is 13.0. The third-order valence-electron chi connectivity index (χ3n) is 6.21. The molecule has 2 aliphatic heterocycles. The fourth-order valence-corrected chi connectivity index (χ4v) is 5.05. The second-order valence-corrected chi connectivity index (χ2v) is 9.41. The van der Waals surface area contributed by atoms with Crippen LogP contribution in [0, 0.1) is 0 Å². The average molecular weight is 510 g/mol. The predicted molar refractivity (Wildman–Crippen MR) is 121 cm³/mol. The zero-order valence-electron chi connectivity index (χ0n) is 17.8. The fraction of sp³-hybridized carbons (Fsp3) is 0.364. The average Bonchev–Trinajstić information content (AvgIpc) is 3.32. The molecular weight excluding hydrogens is 491 g/mol. The van der Waals surface area contributed by atoms with Gasteiger partial charge in [0.2, 0.25) is 0 Å². The van der Waals surface area contributed by atoms with Crippen molar-refractivity contribution < 1.29 is 22.8 Å². The van der Waals surface area contributed by atoms with Crippen molar-refractivity contribution in [1.82, 2.24) is 24.7 Å². The lowest BCUT2D eigenvalue weighted by atomic mass is 10.0. The number of piperazine rings is 1. The van der Waals surface area contributed by atoms with Gasteiger partial charge in [-0.1, -0.05) is 11.6 Å². The highest BCUT2D eigenvalue weighted by Gasteiger charge is 2.37. The molecular formula is C22H19ClF3N5O2S. The van der Waals surface area contributed by atoms with Crippen molar-refractivity contribution in [2.45, 2.75) is 12.2 Å². The maximum Gasteiger partial charge on any atom is 0.433 e. The minimum atomic E-state index is -4.60. The molecule has 0 spiro atoms. The molecule has 2 saturated heterocycles. The fourth-order valence-electron chi connectivity index (χ4n) is 4.27. The Balaban J connectivity index is 1.19. The topological polar surface area (TPSA) is 69.6 Å². The number of rotatable bonds is 3. The van der Waals surface area contributed by atoms with Crippen molar-refractivity contribution in [3.05, 3.63) is 57.1 Å². The van der Waals surface area contributed by atoms with E-state index in [0.717, 1.165) is 19.2 Å². The van der Waals surface area contributed by atoms with Crippen LogP contribution in [0.3, 0.4) is 0 Å². The Morgan fingerprint density at radius 2 is 1.76 bits per heavy atom. The van der Waals surface area contributed by atoms with Gasteiger partial charge >= 0.3 is 6.18 Å². The number of amides is 2. The zero-order chi connectivity index (χ0) is 24.0. The number of carbonyl (C=O) groups excluding carboxylic acids is 2. The molecule has 0 bridgehead atoms. The first kappa shape index (κ1) is 23.0. The quantitative estimate of drug-likeness (QED) is 0.539. The number of carbonyl (C=O) groups is 2. The summed E-state index contributed by atoms with van der Waals surface area (Å²) in [5.74, 6) is -0.260. The van der Waals surface area contributed by atoms with E-state index in [2.05, 4.69) is 14.9 Å². The van der Waals surface area contributed by atoms with Gasteiger partial charge in [0.05, 0.1) is 16.0 Å². The van der Waals surface area contributed by atoms with E-state index >= 15 is 0 Å². The molecule has 2 amide bonds. The molecule has 5 rings (SSSR count). The summed E-state index contributed by atoms with van der Waals surface area (Å²) in [6.07, 6.45) is -4.60. The smallest absolute Gasteiger partial charge is 0.335 e. The second kappa shape index (κ2) is 8.79. The molecule has 2 fully saturated rings. The molecule has 3 aromatic rings. The van der Waals surface area contributed by atoms with Gasteiger partial charge < -0.3 is 9.80 Å². The summed E-state index contributed by atoms with van der Waals surface area (Å²) in [4.78, 5) is 38.8. The van der Waals surface area contributed by atoms with Crippen molar-refractivity contribution in [3.63, 3.8) is 0 Å². The van der Waals surface area contributed by atoms with Gasteiger partial charge in [-0.05, 0) is 24.3 Å². The number of alkyl halides is 3. The molecule has 2 aromatic heterocycles. The molecule has 0 saturated carbocycles. The van der Waals surface area contributed by atoms with Crippen molar-refractivity contribution in [1.29, 1.82) is 0 Å². The maximum atomic E-state index is 13.0. The Bertz CT molecular complexity index is 1240. The predicted octanol–water partition coefficient (Wildman–Crippen LogP) is 3.65. The number of halogens is 4. The van der Waals surface area contributed by atoms with E-state index in [1.54, 1.807) is 20.7 Å². The number of hydrogen-bond donors (Lipinski definition) is 0. The molecule has 12 heteroatoms. The standard InChI is InChI=1S/C22H19ClF3N5O2S/c23-16-8-19(22(24,25)26)28-17-2-1-13(7-15(16)17)20(32)31-9-14(10-31)29-3-5-30(6-4-29)21(33)18-11-34-12-27-18/h1-2,7-8,11-12,14H,3-6,9-10H2. The monoisotopic (exact) mass is 509 g/mol. The number of likely N-dealkylation sites (tertiary alicyclic amines) is 1. The van der Waals surface area contributed by atoms with Crippen LogP contribution in [0.4, 0.5) is 13.2 Å². The van der Waals surface area contributed by atoms with Crippen molar-refractivity contribution in [2.24, 2.45) is 0 Å². The minimum Gasteiger partial charge on any atom is -0.335 e. The van der Waals surface area contributed by atoms with Crippen LogP contribution in [0.5, 0.6) is 0 Å². The number of nitrogens with zero attached hydrogens (tertiary/aromatic N) is 5. The van der Waals surface area contributed by atoms with Crippen molar-refractivity contribution >= 4 is 45.7 Å². The third-order valence-corrected chi connectivity index (χ3v) is 7.11. The Kier molecular flexibility index (Phi) is 5.95. The van der Waals surface area contributed by atoms with Gasteiger partial charge in [0.1, 0.15) is 11.4 Å². The zero-order valence-corrected chi connectivity index (χ0v) is 19.3. The summed E-state index contributed by atoms with van der Waals surface area (Å²) in [6.45, 7) is 3.77. The largest absolute Gasteiger partial charge is 0.433 e. The van der Waals surface area contributed by atoms with E-state index in [1.807, 2.05) is 0 Å². The Labute approximate surface area is 201 Å². The molecule has 1 aromatic carbocycles. The van der Waals surface area contributed by atoms with E-state index < -0.39 is 11.9 Å².